The van der Waals surface area contributed by atoms with E-state index in [9.17, 15) is 5.11 Å². The lowest BCUT2D eigenvalue weighted by Gasteiger charge is -2.37. The molecule has 0 aliphatic carbocycles. The molecule has 4 rings (SSSR count). The molecule has 2 saturated heterocycles. The number of aliphatic hydroxyl groups is 1. The molecule has 0 spiro atoms. The number of pyridine rings is 1. The summed E-state index contributed by atoms with van der Waals surface area (Å²) in [7, 11) is -0.324. The summed E-state index contributed by atoms with van der Waals surface area (Å²) in [5.74, 6) is 0. The summed E-state index contributed by atoms with van der Waals surface area (Å²) in [4.78, 5) is 9.19. The maximum absolute atomic E-state index is 10.1. The van der Waals surface area contributed by atoms with E-state index in [1.165, 1.54) is 5.69 Å². The second-order valence-electron chi connectivity index (χ2n) is 10.1. The molecule has 0 unspecified atom stereocenters. The molecule has 0 saturated carbocycles. The summed E-state index contributed by atoms with van der Waals surface area (Å²) in [5, 5.41) is 10.1. The van der Waals surface area contributed by atoms with Gasteiger partial charge in [-0.1, -0.05) is 12.1 Å². The van der Waals surface area contributed by atoms with Gasteiger partial charge in [0.2, 0.25) is 0 Å². The van der Waals surface area contributed by atoms with Crippen molar-refractivity contribution in [1.29, 1.82) is 0 Å². The van der Waals surface area contributed by atoms with Crippen molar-refractivity contribution in [3.8, 4) is 0 Å². The lowest BCUT2D eigenvalue weighted by molar-refractivity contribution is 0.00578. The van der Waals surface area contributed by atoms with E-state index in [4.69, 9.17) is 9.31 Å². The minimum Gasteiger partial charge on any atom is -0.399 e. The number of aromatic nitrogens is 1. The highest BCUT2D eigenvalue weighted by Crippen LogP contribution is 2.36. The lowest BCUT2D eigenvalue weighted by atomic mass is 9.79. The van der Waals surface area contributed by atoms with Crippen molar-refractivity contribution >= 4 is 24.0 Å². The van der Waals surface area contributed by atoms with Crippen LogP contribution < -0.4 is 15.3 Å². The zero-order valence-corrected chi connectivity index (χ0v) is 19.6. The number of rotatable bonds is 4. The Hall–Kier alpha value is -2.09. The van der Waals surface area contributed by atoms with E-state index >= 15 is 0 Å². The third-order valence-electron chi connectivity index (χ3n) is 6.80. The molecule has 1 N–H and O–H groups in total. The van der Waals surface area contributed by atoms with E-state index in [-0.39, 0.29) is 18.3 Å². The minimum atomic E-state index is -0.913. The monoisotopic (exact) mass is 423 g/mol. The molecule has 0 amide bonds. The number of benzene rings is 1. The van der Waals surface area contributed by atoms with Crippen LogP contribution in [-0.2, 0) is 14.9 Å². The molecule has 0 radical (unpaired) electrons. The molecule has 2 aliphatic rings. The van der Waals surface area contributed by atoms with Crippen LogP contribution in [0.3, 0.4) is 0 Å². The topological polar surface area (TPSA) is 58.1 Å². The fraction of sp³-hybridized carbons (Fsp3) is 0.542. The first kappa shape index (κ1) is 22.1. The minimum absolute atomic E-state index is 0.324. The number of nitrogens with zero attached hydrogens (tertiary/aromatic N) is 3. The van der Waals surface area contributed by atoms with Gasteiger partial charge in [0, 0.05) is 31.9 Å². The fourth-order valence-electron chi connectivity index (χ4n) is 3.98. The molecule has 6 nitrogen and oxygen atoms in total. The van der Waals surface area contributed by atoms with Crippen molar-refractivity contribution in [3.05, 3.63) is 48.3 Å². The van der Waals surface area contributed by atoms with Crippen LogP contribution in [0.15, 0.2) is 42.6 Å². The molecule has 2 aromatic rings. The van der Waals surface area contributed by atoms with Gasteiger partial charge in [-0.15, -0.1) is 0 Å². The van der Waals surface area contributed by atoms with Gasteiger partial charge in [-0.05, 0) is 71.3 Å². The first-order valence-electron chi connectivity index (χ1n) is 11.1. The molecule has 1 aromatic heterocycles. The van der Waals surface area contributed by atoms with Crippen molar-refractivity contribution < 1.29 is 14.4 Å². The highest BCUT2D eigenvalue weighted by Gasteiger charge is 2.51. The normalized spacial score (nSPS) is 20.9. The second kappa shape index (κ2) is 7.80. The van der Waals surface area contributed by atoms with Crippen LogP contribution in [0.4, 0.5) is 11.4 Å². The van der Waals surface area contributed by atoms with Gasteiger partial charge in [0.05, 0.1) is 28.8 Å². The Morgan fingerprint density at radius 2 is 1.32 bits per heavy atom. The Kier molecular flexibility index (Phi) is 5.57. The van der Waals surface area contributed by atoms with Crippen molar-refractivity contribution in [1.82, 2.24) is 4.98 Å². The molecule has 31 heavy (non-hydrogen) atoms. The average Bonchev–Trinajstić information content (AvgIpc) is 2.95. The van der Waals surface area contributed by atoms with Gasteiger partial charge in [-0.25, -0.2) is 0 Å². The summed E-state index contributed by atoms with van der Waals surface area (Å²) in [6, 6.07) is 12.5. The molecule has 1 aromatic carbocycles. The highest BCUT2D eigenvalue weighted by molar-refractivity contribution is 6.62. The summed E-state index contributed by atoms with van der Waals surface area (Å²) < 4.78 is 12.3. The van der Waals surface area contributed by atoms with E-state index < -0.39 is 5.60 Å². The van der Waals surface area contributed by atoms with Crippen molar-refractivity contribution in [2.45, 2.75) is 58.3 Å². The summed E-state index contributed by atoms with van der Waals surface area (Å²) in [6.45, 7) is 15.6. The van der Waals surface area contributed by atoms with Gasteiger partial charge in [-0.3, -0.25) is 4.98 Å². The van der Waals surface area contributed by atoms with Crippen LogP contribution in [0, 0.1) is 0 Å². The third kappa shape index (κ3) is 4.45. The van der Waals surface area contributed by atoms with E-state index in [2.05, 4.69) is 72.8 Å². The maximum atomic E-state index is 10.1. The largest absolute Gasteiger partial charge is 0.494 e. The first-order chi connectivity index (χ1) is 14.5. The zero-order valence-electron chi connectivity index (χ0n) is 19.6. The number of hydrogen-bond acceptors (Lipinski definition) is 6. The Bertz CT molecular complexity index is 883. The van der Waals surface area contributed by atoms with Crippen LogP contribution in [0.1, 0.15) is 47.2 Å². The van der Waals surface area contributed by atoms with Gasteiger partial charge >= 0.3 is 7.12 Å². The average molecular weight is 423 g/mol. The van der Waals surface area contributed by atoms with E-state index in [0.717, 1.165) is 37.3 Å². The molecule has 0 atom stereocenters. The van der Waals surface area contributed by atoms with Crippen LogP contribution in [0.2, 0.25) is 0 Å². The molecule has 0 bridgehead atoms. The number of anilines is 2. The molecule has 166 valence electrons. The summed E-state index contributed by atoms with van der Waals surface area (Å²) in [6.07, 6.45) is 1.86. The second-order valence-corrected chi connectivity index (χ2v) is 10.1. The lowest BCUT2D eigenvalue weighted by Crippen LogP contribution is -2.46. The molecule has 7 heteroatoms. The number of piperazine rings is 1. The van der Waals surface area contributed by atoms with Crippen LogP contribution >= 0.6 is 0 Å². The van der Waals surface area contributed by atoms with Gasteiger partial charge in [0.1, 0.15) is 5.60 Å². The van der Waals surface area contributed by atoms with Crippen LogP contribution in [-0.4, -0.2) is 54.6 Å². The van der Waals surface area contributed by atoms with E-state index in [1.807, 2.05) is 12.3 Å². The Labute approximate surface area is 186 Å². The predicted octanol–water partition coefficient (Wildman–Crippen LogP) is 2.93. The SMILES string of the molecule is CC(C)(O)c1ccc(N2CCN(c3ccc(B4OC(C)(C)C(C)(C)O4)cc3)CC2)cn1. The van der Waals surface area contributed by atoms with Crippen LogP contribution in [0.25, 0.3) is 0 Å². The number of hydrogen-bond donors (Lipinski definition) is 1. The predicted molar refractivity (Wildman–Crippen MR) is 126 cm³/mol. The Balaban J connectivity index is 1.36. The smallest absolute Gasteiger partial charge is 0.399 e. The van der Waals surface area contributed by atoms with Crippen molar-refractivity contribution in [2.75, 3.05) is 36.0 Å². The standard InChI is InChI=1S/C24H34BN3O3/c1-22(2,29)21-12-11-20(17-26-21)28-15-13-27(14-16-28)19-9-7-18(8-10-19)25-30-23(3,4)24(5,6)31-25/h7-12,17,29H,13-16H2,1-6H3. The van der Waals surface area contributed by atoms with Gasteiger partial charge in [0.25, 0.3) is 0 Å². The zero-order chi connectivity index (χ0) is 22.4. The highest BCUT2D eigenvalue weighted by atomic mass is 16.7. The van der Waals surface area contributed by atoms with Crippen molar-refractivity contribution in [2.24, 2.45) is 0 Å². The maximum Gasteiger partial charge on any atom is 0.494 e. The van der Waals surface area contributed by atoms with Crippen molar-refractivity contribution in [3.63, 3.8) is 0 Å². The Morgan fingerprint density at radius 1 is 0.839 bits per heavy atom. The fourth-order valence-corrected chi connectivity index (χ4v) is 3.98. The van der Waals surface area contributed by atoms with E-state index in [0.29, 0.717) is 5.69 Å². The summed E-state index contributed by atoms with van der Waals surface area (Å²) >= 11 is 0. The van der Waals surface area contributed by atoms with Gasteiger partial charge in [-0.2, -0.15) is 0 Å². The first-order valence-corrected chi connectivity index (χ1v) is 11.1. The van der Waals surface area contributed by atoms with E-state index in [1.54, 1.807) is 13.8 Å². The van der Waals surface area contributed by atoms with Crippen LogP contribution in [0.5, 0.6) is 0 Å². The van der Waals surface area contributed by atoms with Gasteiger partial charge < -0.3 is 24.2 Å². The molecular formula is C24H34BN3O3. The summed E-state index contributed by atoms with van der Waals surface area (Å²) in [5.41, 5.74) is 2.50. The quantitative estimate of drug-likeness (QED) is 0.764. The molecule has 3 heterocycles. The van der Waals surface area contributed by atoms with Gasteiger partial charge in [0.15, 0.2) is 0 Å². The third-order valence-corrected chi connectivity index (χ3v) is 6.80. The Morgan fingerprint density at radius 3 is 1.77 bits per heavy atom. The molecular weight excluding hydrogens is 389 g/mol. The molecule has 2 fully saturated rings. The molecule has 2 aliphatic heterocycles.